The van der Waals surface area contributed by atoms with Gasteiger partial charge in [0.1, 0.15) is 0 Å². The van der Waals surface area contributed by atoms with E-state index < -0.39 is 7.82 Å². The molecule has 6 aromatic rings. The van der Waals surface area contributed by atoms with Crippen molar-refractivity contribution in [3.05, 3.63) is 109 Å². The molecule has 2 aromatic heterocycles. The molecule has 6 nitrogen and oxygen atoms in total. The first kappa shape index (κ1) is 26.7. The highest BCUT2D eigenvalue weighted by Crippen LogP contribution is 2.61. The summed E-state index contributed by atoms with van der Waals surface area (Å²) in [5.41, 5.74) is 3.81. The van der Waals surface area contributed by atoms with E-state index >= 15 is 0 Å². The Morgan fingerprint density at radius 3 is 1.41 bits per heavy atom. The summed E-state index contributed by atoms with van der Waals surface area (Å²) in [6.45, 7) is 0. The van der Waals surface area contributed by atoms with E-state index in [4.69, 9.17) is 9.05 Å². The standard InChI is InChI=1S/C30H19N2O4P.2ClH/c33-37(34)35-29-23(25-13-5-7-15-31-25)17-19-9-1-3-11-21(19)27(29)28-22-12-4-2-10-20(22)18-24(30(28)36-37)26-14-6-8-16-32-26;;/h1-18H,(H,33,34);2*1H. The van der Waals surface area contributed by atoms with Gasteiger partial charge in [-0.3, -0.25) is 14.9 Å². The number of phosphoric acid groups is 1. The molecule has 0 atom stereocenters. The van der Waals surface area contributed by atoms with Crippen LogP contribution in [0.1, 0.15) is 0 Å². The van der Waals surface area contributed by atoms with E-state index in [1.165, 1.54) is 0 Å². The van der Waals surface area contributed by atoms with Gasteiger partial charge in [-0.15, -0.1) is 24.8 Å². The minimum Gasteiger partial charge on any atom is -0.394 e. The molecule has 0 spiro atoms. The fourth-order valence-corrected chi connectivity index (χ4v) is 5.90. The molecule has 0 radical (unpaired) electrons. The van der Waals surface area contributed by atoms with Gasteiger partial charge in [-0.25, -0.2) is 4.57 Å². The van der Waals surface area contributed by atoms with Gasteiger partial charge >= 0.3 is 7.82 Å². The van der Waals surface area contributed by atoms with Crippen LogP contribution in [0, 0.1) is 0 Å². The molecule has 4 aromatic carbocycles. The van der Waals surface area contributed by atoms with Crippen molar-refractivity contribution in [1.29, 1.82) is 0 Å². The minimum absolute atomic E-state index is 0. The van der Waals surface area contributed by atoms with Gasteiger partial charge in [-0.05, 0) is 57.9 Å². The van der Waals surface area contributed by atoms with Gasteiger partial charge in [0, 0.05) is 34.6 Å². The number of nitrogens with zero attached hydrogens (tertiary/aromatic N) is 2. The first-order valence-electron chi connectivity index (χ1n) is 11.8. The van der Waals surface area contributed by atoms with Crippen LogP contribution >= 0.6 is 32.6 Å². The number of rotatable bonds is 2. The smallest absolute Gasteiger partial charge is 0.394 e. The Bertz CT molecular complexity index is 1750. The zero-order chi connectivity index (χ0) is 25.0. The van der Waals surface area contributed by atoms with E-state index in [0.717, 1.165) is 21.5 Å². The van der Waals surface area contributed by atoms with Gasteiger partial charge in [-0.1, -0.05) is 60.7 Å². The summed E-state index contributed by atoms with van der Waals surface area (Å²) in [4.78, 5) is 20.1. The van der Waals surface area contributed by atoms with Gasteiger partial charge in [0.25, 0.3) is 0 Å². The zero-order valence-electron chi connectivity index (χ0n) is 20.2. The molecule has 7 rings (SSSR count). The maximum Gasteiger partial charge on any atom is 0.584 e. The highest BCUT2D eigenvalue weighted by molar-refractivity contribution is 7.48. The average molecular weight is 575 g/mol. The van der Waals surface area contributed by atoms with Crippen molar-refractivity contribution >= 4 is 54.2 Å². The Balaban J connectivity index is 0.00000154. The van der Waals surface area contributed by atoms with Crippen LogP contribution in [0.4, 0.5) is 0 Å². The van der Waals surface area contributed by atoms with Gasteiger partial charge < -0.3 is 9.05 Å². The van der Waals surface area contributed by atoms with Crippen LogP contribution in [-0.2, 0) is 4.57 Å². The molecule has 0 amide bonds. The van der Waals surface area contributed by atoms with E-state index in [1.54, 1.807) is 12.4 Å². The predicted molar refractivity (Wildman–Crippen MR) is 159 cm³/mol. The molecule has 0 saturated carbocycles. The number of fused-ring (bicyclic) bond motifs is 7. The molecule has 0 unspecified atom stereocenters. The number of hydrogen-bond donors (Lipinski definition) is 1. The lowest BCUT2D eigenvalue weighted by molar-refractivity contribution is 0.295. The van der Waals surface area contributed by atoms with E-state index in [-0.39, 0.29) is 36.3 Å². The summed E-state index contributed by atoms with van der Waals surface area (Å²) in [5.74, 6) is 0.510. The van der Waals surface area contributed by atoms with Crippen LogP contribution in [0.2, 0.25) is 0 Å². The van der Waals surface area contributed by atoms with Crippen LogP contribution in [0.25, 0.3) is 55.2 Å². The van der Waals surface area contributed by atoms with E-state index in [1.807, 2.05) is 97.1 Å². The summed E-state index contributed by atoms with van der Waals surface area (Å²) in [7, 11) is -4.60. The topological polar surface area (TPSA) is 81.5 Å². The fourth-order valence-electron chi connectivity index (χ4n) is 5.02. The van der Waals surface area contributed by atoms with Crippen molar-refractivity contribution in [1.82, 2.24) is 9.97 Å². The summed E-state index contributed by atoms with van der Waals surface area (Å²) in [6.07, 6.45) is 3.37. The third-order valence-corrected chi connectivity index (χ3v) is 7.37. The molecule has 9 heteroatoms. The Hall–Kier alpha value is -3.93. The molecule has 0 fully saturated rings. The first-order valence-corrected chi connectivity index (χ1v) is 13.3. The van der Waals surface area contributed by atoms with Crippen molar-refractivity contribution < 1.29 is 18.5 Å². The van der Waals surface area contributed by atoms with Crippen molar-refractivity contribution in [3.63, 3.8) is 0 Å². The SMILES string of the molecule is Cl.Cl.O=P1(O)Oc2c(-c3ccccn3)cc3ccccc3c2-c2c(c(-c3ccccn3)cc3ccccc23)O1. The molecular weight excluding hydrogens is 554 g/mol. The van der Waals surface area contributed by atoms with Crippen molar-refractivity contribution in [2.75, 3.05) is 0 Å². The maximum absolute atomic E-state index is 13.5. The van der Waals surface area contributed by atoms with Gasteiger partial charge in [-0.2, -0.15) is 0 Å². The molecule has 0 bridgehead atoms. The molecule has 0 aliphatic carbocycles. The minimum atomic E-state index is -4.60. The van der Waals surface area contributed by atoms with Crippen LogP contribution in [0.15, 0.2) is 109 Å². The summed E-state index contributed by atoms with van der Waals surface area (Å²) in [6, 6.07) is 30.8. The van der Waals surface area contributed by atoms with Crippen molar-refractivity contribution in [2.45, 2.75) is 0 Å². The summed E-state index contributed by atoms with van der Waals surface area (Å²) in [5, 5.41) is 3.62. The number of pyridine rings is 2. The quantitative estimate of drug-likeness (QED) is 0.209. The van der Waals surface area contributed by atoms with E-state index in [9.17, 15) is 9.46 Å². The third kappa shape index (κ3) is 4.52. The third-order valence-electron chi connectivity index (χ3n) is 6.55. The Labute approximate surface area is 236 Å². The molecule has 3 heterocycles. The predicted octanol–water partition coefficient (Wildman–Crippen LogP) is 8.50. The summed E-state index contributed by atoms with van der Waals surface area (Å²) < 4.78 is 25.3. The lowest BCUT2D eigenvalue weighted by Crippen LogP contribution is -2.00. The van der Waals surface area contributed by atoms with Gasteiger partial charge in [0.05, 0.1) is 11.4 Å². The normalized spacial score (nSPS) is 13.1. The van der Waals surface area contributed by atoms with E-state index in [0.29, 0.717) is 33.6 Å². The number of hydrogen-bond acceptors (Lipinski definition) is 5. The number of aromatic nitrogens is 2. The highest BCUT2D eigenvalue weighted by atomic mass is 35.5. The molecule has 194 valence electrons. The maximum atomic E-state index is 13.5. The second-order valence-electron chi connectivity index (χ2n) is 8.78. The van der Waals surface area contributed by atoms with Crippen LogP contribution < -0.4 is 9.05 Å². The van der Waals surface area contributed by atoms with Crippen molar-refractivity contribution in [2.24, 2.45) is 0 Å². The largest absolute Gasteiger partial charge is 0.584 e. The monoisotopic (exact) mass is 574 g/mol. The van der Waals surface area contributed by atoms with Crippen LogP contribution in [0.5, 0.6) is 11.5 Å². The number of benzene rings is 4. The Kier molecular flexibility index (Phi) is 7.06. The molecular formula is C30H21Cl2N2O4P. The van der Waals surface area contributed by atoms with E-state index in [2.05, 4.69) is 9.97 Å². The fraction of sp³-hybridized carbons (Fsp3) is 0. The molecule has 1 aliphatic heterocycles. The molecule has 39 heavy (non-hydrogen) atoms. The van der Waals surface area contributed by atoms with Gasteiger partial charge in [0.2, 0.25) is 0 Å². The Morgan fingerprint density at radius 2 is 1.00 bits per heavy atom. The lowest BCUT2D eigenvalue weighted by Gasteiger charge is -2.18. The highest BCUT2D eigenvalue weighted by Gasteiger charge is 2.37. The summed E-state index contributed by atoms with van der Waals surface area (Å²) >= 11 is 0. The van der Waals surface area contributed by atoms with Gasteiger partial charge in [0.15, 0.2) is 11.5 Å². The zero-order valence-corrected chi connectivity index (χ0v) is 22.7. The number of phosphoric ester groups is 1. The number of halogens is 2. The van der Waals surface area contributed by atoms with Crippen molar-refractivity contribution in [3.8, 4) is 45.1 Å². The van der Waals surface area contributed by atoms with Crippen LogP contribution in [0.3, 0.4) is 0 Å². The molecule has 0 saturated heterocycles. The van der Waals surface area contributed by atoms with Crippen LogP contribution in [-0.4, -0.2) is 14.9 Å². The first-order chi connectivity index (χ1) is 18.1. The molecule has 1 N–H and O–H groups in total. The average Bonchev–Trinajstić information content (AvgIpc) is 3.06. The second-order valence-corrected chi connectivity index (χ2v) is 10.1. The molecule has 1 aliphatic rings. The second kappa shape index (κ2) is 10.3. The Morgan fingerprint density at radius 1 is 0.590 bits per heavy atom. The lowest BCUT2D eigenvalue weighted by atomic mass is 9.87.